The van der Waals surface area contributed by atoms with Gasteiger partial charge < -0.3 is 28.5 Å². The summed E-state index contributed by atoms with van der Waals surface area (Å²) in [4.78, 5) is 0. The fraction of sp³-hybridized carbons (Fsp3) is 0.462. The number of benzene rings is 2. The van der Waals surface area contributed by atoms with Crippen molar-refractivity contribution < 1.29 is 28.5 Å². The van der Waals surface area contributed by atoms with Crippen LogP contribution in [0, 0.1) is 19.8 Å². The topological polar surface area (TPSA) is 0 Å². The van der Waals surface area contributed by atoms with Crippen LogP contribution in [0.3, 0.4) is 0 Å². The molecular weight excluding hydrogens is 453 g/mol. The van der Waals surface area contributed by atoms with Crippen LogP contribution in [-0.2, 0) is 0 Å². The summed E-state index contributed by atoms with van der Waals surface area (Å²) >= 11 is 0. The summed E-state index contributed by atoms with van der Waals surface area (Å²) in [5.74, 6) is 0.695. The highest BCUT2D eigenvalue weighted by Crippen LogP contribution is 2.42. The van der Waals surface area contributed by atoms with Gasteiger partial charge in [0.25, 0.3) is 0 Å². The van der Waals surface area contributed by atoms with E-state index in [-0.39, 0.29) is 24.0 Å². The summed E-state index contributed by atoms with van der Waals surface area (Å²) in [6.07, 6.45) is 9.54. The van der Waals surface area contributed by atoms with Gasteiger partial charge in [0, 0.05) is 12.8 Å². The Hall–Kier alpha value is -1.13. The van der Waals surface area contributed by atoms with Gasteiger partial charge in [-0.3, -0.25) is 0 Å². The Morgan fingerprint density at radius 3 is 1.75 bits per heavy atom. The molecule has 0 aromatic heterocycles. The highest BCUT2D eigenvalue weighted by molar-refractivity contribution is 5.82. The van der Waals surface area contributed by atoms with E-state index in [1.807, 2.05) is 0 Å². The number of nitrogens with zero attached hydrogens (tertiary/aromatic N) is 1. The first-order valence-electron chi connectivity index (χ1n) is 10.6. The van der Waals surface area contributed by atoms with Crippen molar-refractivity contribution in [3.8, 4) is 0 Å². The zero-order valence-electron chi connectivity index (χ0n) is 17.8. The zero-order chi connectivity index (χ0) is 19.0. The summed E-state index contributed by atoms with van der Waals surface area (Å²) in [5.41, 5.74) is 6.99. The number of halogens is 1. The molecule has 2 aliphatic heterocycles. The second kappa shape index (κ2) is 8.71. The van der Waals surface area contributed by atoms with Gasteiger partial charge in [0.1, 0.15) is 0 Å². The minimum Gasteiger partial charge on any atom is -1.00 e. The van der Waals surface area contributed by atoms with Crippen LogP contribution in [0.15, 0.2) is 54.6 Å². The lowest BCUT2D eigenvalue weighted by Crippen LogP contribution is -3.00. The Bertz CT molecular complexity index is 788. The molecule has 0 saturated carbocycles. The van der Waals surface area contributed by atoms with E-state index in [0.717, 1.165) is 12.1 Å². The van der Waals surface area contributed by atoms with Crippen LogP contribution in [0.2, 0.25) is 0 Å². The van der Waals surface area contributed by atoms with Gasteiger partial charge in [0.05, 0.1) is 26.2 Å². The molecule has 2 atom stereocenters. The first-order valence-corrected chi connectivity index (χ1v) is 10.6. The molecule has 0 aliphatic carbocycles. The summed E-state index contributed by atoms with van der Waals surface area (Å²) < 4.78 is 1.24. The Morgan fingerprint density at radius 1 is 0.821 bits per heavy atom. The van der Waals surface area contributed by atoms with E-state index in [1.165, 1.54) is 64.4 Å². The number of quaternary nitrogens is 1. The van der Waals surface area contributed by atoms with Crippen LogP contribution >= 0.6 is 0 Å². The highest BCUT2D eigenvalue weighted by Gasteiger charge is 2.45. The normalized spacial score (nSPS) is 25.5. The van der Waals surface area contributed by atoms with Crippen LogP contribution in [-0.4, -0.2) is 30.7 Å². The molecule has 2 bridgehead atoms. The maximum atomic E-state index is 2.63. The standard InChI is InChI=1S/C26H34N.HI/c1-19-10-5-7-14-24(19)26(25-15-8-6-11-20(25)2)18-21-16-22-12-9-13-23(17-21)27(22,3)4;/h5-8,10-11,14-15,18,21-23H,9,12-13,16-17H2,1-4H3;1H/q+1;/p-1. The molecule has 0 radical (unpaired) electrons. The van der Waals surface area contributed by atoms with E-state index >= 15 is 0 Å². The molecule has 2 heterocycles. The Kier molecular flexibility index (Phi) is 6.71. The van der Waals surface area contributed by atoms with E-state index in [1.54, 1.807) is 0 Å². The van der Waals surface area contributed by atoms with Crippen molar-refractivity contribution in [2.45, 2.75) is 58.0 Å². The van der Waals surface area contributed by atoms with Crippen molar-refractivity contribution in [3.05, 3.63) is 76.9 Å². The molecule has 0 spiro atoms. The average molecular weight is 487 g/mol. The Morgan fingerprint density at radius 2 is 1.29 bits per heavy atom. The summed E-state index contributed by atoms with van der Waals surface area (Å²) in [6, 6.07) is 19.4. The number of rotatable bonds is 3. The molecule has 150 valence electrons. The van der Waals surface area contributed by atoms with E-state index in [2.05, 4.69) is 82.5 Å². The smallest absolute Gasteiger partial charge is 0.0894 e. The molecule has 2 aromatic carbocycles. The van der Waals surface area contributed by atoms with Crippen molar-refractivity contribution in [1.29, 1.82) is 0 Å². The molecule has 4 rings (SSSR count). The van der Waals surface area contributed by atoms with E-state index < -0.39 is 0 Å². The predicted molar refractivity (Wildman–Crippen MR) is 116 cm³/mol. The Balaban J connectivity index is 0.00000225. The number of hydrogen-bond acceptors (Lipinski definition) is 0. The average Bonchev–Trinajstić information content (AvgIpc) is 2.61. The molecular formula is C26H34IN. The number of allylic oxidation sites excluding steroid dienone is 1. The number of hydrogen-bond donors (Lipinski definition) is 0. The maximum absolute atomic E-state index is 2.63. The zero-order valence-corrected chi connectivity index (χ0v) is 19.9. The fourth-order valence-corrected chi connectivity index (χ4v) is 5.57. The van der Waals surface area contributed by atoms with Gasteiger partial charge in [-0.05, 0) is 66.9 Å². The monoisotopic (exact) mass is 487 g/mol. The quantitative estimate of drug-likeness (QED) is 0.461. The Labute approximate surface area is 188 Å². The minimum atomic E-state index is 0. The van der Waals surface area contributed by atoms with Gasteiger partial charge >= 0.3 is 0 Å². The van der Waals surface area contributed by atoms with Crippen LogP contribution in [0.25, 0.3) is 5.57 Å². The second-order valence-electron chi connectivity index (χ2n) is 9.31. The van der Waals surface area contributed by atoms with Crippen molar-refractivity contribution in [2.75, 3.05) is 14.1 Å². The van der Waals surface area contributed by atoms with Crippen LogP contribution in [0.1, 0.15) is 54.4 Å². The highest BCUT2D eigenvalue weighted by atomic mass is 127. The summed E-state index contributed by atoms with van der Waals surface area (Å²) in [7, 11) is 4.94. The molecule has 2 fully saturated rings. The number of piperidine rings is 2. The molecule has 2 unspecified atom stereocenters. The first-order chi connectivity index (χ1) is 13.0. The van der Waals surface area contributed by atoms with Gasteiger partial charge in [-0.15, -0.1) is 0 Å². The van der Waals surface area contributed by atoms with Gasteiger partial charge in [-0.2, -0.15) is 0 Å². The molecule has 0 N–H and O–H groups in total. The lowest BCUT2D eigenvalue weighted by atomic mass is 9.75. The van der Waals surface area contributed by atoms with Crippen LogP contribution in [0.4, 0.5) is 0 Å². The number of fused-ring (bicyclic) bond motifs is 2. The van der Waals surface area contributed by atoms with E-state index in [0.29, 0.717) is 5.92 Å². The molecule has 0 amide bonds. The van der Waals surface area contributed by atoms with E-state index in [4.69, 9.17) is 0 Å². The lowest BCUT2D eigenvalue weighted by molar-refractivity contribution is -0.950. The first kappa shape index (κ1) is 21.6. The van der Waals surface area contributed by atoms with Gasteiger partial charge in [-0.1, -0.05) is 54.6 Å². The second-order valence-corrected chi connectivity index (χ2v) is 9.31. The summed E-state index contributed by atoms with van der Waals surface area (Å²) in [5, 5.41) is 0. The third-order valence-corrected chi connectivity index (χ3v) is 7.38. The van der Waals surface area contributed by atoms with Crippen LogP contribution < -0.4 is 24.0 Å². The predicted octanol–water partition coefficient (Wildman–Crippen LogP) is 3.15. The minimum absolute atomic E-state index is 0. The largest absolute Gasteiger partial charge is 1.00 e. The molecule has 1 nitrogen and oxygen atoms in total. The number of aryl methyl sites for hydroxylation is 2. The van der Waals surface area contributed by atoms with Crippen molar-refractivity contribution in [2.24, 2.45) is 5.92 Å². The molecule has 2 aromatic rings. The van der Waals surface area contributed by atoms with Crippen molar-refractivity contribution in [1.82, 2.24) is 0 Å². The maximum Gasteiger partial charge on any atom is 0.0894 e. The van der Waals surface area contributed by atoms with E-state index in [9.17, 15) is 0 Å². The van der Waals surface area contributed by atoms with Crippen molar-refractivity contribution in [3.63, 3.8) is 0 Å². The fourth-order valence-electron chi connectivity index (χ4n) is 5.57. The van der Waals surface area contributed by atoms with Gasteiger partial charge in [0.2, 0.25) is 0 Å². The van der Waals surface area contributed by atoms with Crippen LogP contribution in [0.5, 0.6) is 0 Å². The SMILES string of the molecule is Cc1ccccc1C(=CC1CC2CCCC(C1)[N+]2(C)C)c1ccccc1C.[I-]. The van der Waals surface area contributed by atoms with Gasteiger partial charge in [0.15, 0.2) is 0 Å². The van der Waals surface area contributed by atoms with Gasteiger partial charge in [-0.25, -0.2) is 0 Å². The molecule has 28 heavy (non-hydrogen) atoms. The third kappa shape index (κ3) is 4.09. The lowest BCUT2D eigenvalue weighted by Gasteiger charge is -2.53. The van der Waals surface area contributed by atoms with Crippen molar-refractivity contribution >= 4 is 5.57 Å². The summed E-state index contributed by atoms with van der Waals surface area (Å²) in [6.45, 7) is 4.49. The molecule has 2 aliphatic rings. The molecule has 2 saturated heterocycles. The third-order valence-electron chi connectivity index (χ3n) is 7.38. The molecule has 2 heteroatoms.